The third kappa shape index (κ3) is 4.25. The number of sulfonamides is 1. The lowest BCUT2D eigenvalue weighted by Gasteiger charge is -2.10. The van der Waals surface area contributed by atoms with Gasteiger partial charge in [0.05, 0.1) is 10.5 Å². The average Bonchev–Trinajstić information content (AvgIpc) is 2.47. The second kappa shape index (κ2) is 6.41. The van der Waals surface area contributed by atoms with Crippen molar-refractivity contribution >= 4 is 10.0 Å². The number of hydrogen-bond donors (Lipinski definition) is 1. The minimum Gasteiger partial charge on any atom is -0.245 e. The van der Waals surface area contributed by atoms with Gasteiger partial charge in [-0.15, -0.1) is 0 Å². The van der Waals surface area contributed by atoms with E-state index in [0.29, 0.717) is 18.1 Å². The van der Waals surface area contributed by atoms with Crippen LogP contribution in [0.2, 0.25) is 0 Å². The minimum atomic E-state index is -4.59. The number of halogens is 3. The molecule has 0 radical (unpaired) electrons. The standard InChI is InChI=1S/C13H12F3N3O2S/c14-13(15,16)11-2-1-3-12(6-11)22(20,21)19-5-4-10-7-17-9-18-8-10/h1-3,6-9,19H,4-5H2. The van der Waals surface area contributed by atoms with Crippen molar-refractivity contribution in [2.75, 3.05) is 6.54 Å². The summed E-state index contributed by atoms with van der Waals surface area (Å²) in [5, 5.41) is 0. The SMILES string of the molecule is O=S(=O)(NCCc1cncnc1)c1cccc(C(F)(F)F)c1. The summed E-state index contributed by atoms with van der Waals surface area (Å²) in [5.74, 6) is 0. The van der Waals surface area contributed by atoms with E-state index in [9.17, 15) is 21.6 Å². The molecule has 2 rings (SSSR count). The Morgan fingerprint density at radius 2 is 1.82 bits per heavy atom. The van der Waals surface area contributed by atoms with E-state index in [2.05, 4.69) is 14.7 Å². The first-order valence-corrected chi connectivity index (χ1v) is 7.68. The Morgan fingerprint density at radius 1 is 1.14 bits per heavy atom. The first-order valence-electron chi connectivity index (χ1n) is 6.20. The highest BCUT2D eigenvalue weighted by atomic mass is 32.2. The molecule has 1 heterocycles. The zero-order valence-electron chi connectivity index (χ0n) is 11.2. The molecule has 118 valence electrons. The molecule has 0 fully saturated rings. The van der Waals surface area contributed by atoms with Crippen LogP contribution in [0.5, 0.6) is 0 Å². The molecule has 1 N–H and O–H groups in total. The van der Waals surface area contributed by atoms with Crippen LogP contribution in [0.15, 0.2) is 47.9 Å². The van der Waals surface area contributed by atoms with Gasteiger partial charge >= 0.3 is 6.18 Å². The lowest BCUT2D eigenvalue weighted by atomic mass is 10.2. The fourth-order valence-corrected chi connectivity index (χ4v) is 2.79. The maximum atomic E-state index is 12.6. The Kier molecular flexibility index (Phi) is 4.77. The number of nitrogens with zero attached hydrogens (tertiary/aromatic N) is 2. The molecule has 0 aliphatic rings. The second-order valence-electron chi connectivity index (χ2n) is 4.42. The second-order valence-corrected chi connectivity index (χ2v) is 6.19. The topological polar surface area (TPSA) is 72.0 Å². The summed E-state index contributed by atoms with van der Waals surface area (Å²) in [6.07, 6.45) is 0.152. The van der Waals surface area contributed by atoms with Crippen LogP contribution in [0, 0.1) is 0 Å². The van der Waals surface area contributed by atoms with Crippen molar-refractivity contribution in [3.05, 3.63) is 54.1 Å². The number of rotatable bonds is 5. The molecule has 0 amide bonds. The van der Waals surface area contributed by atoms with Crippen molar-refractivity contribution in [2.45, 2.75) is 17.5 Å². The van der Waals surface area contributed by atoms with Crippen molar-refractivity contribution in [3.63, 3.8) is 0 Å². The van der Waals surface area contributed by atoms with Gasteiger partial charge in [-0.25, -0.2) is 23.1 Å². The minimum absolute atomic E-state index is 0.0337. The zero-order chi connectivity index (χ0) is 16.2. The third-order valence-electron chi connectivity index (χ3n) is 2.79. The van der Waals surface area contributed by atoms with Crippen LogP contribution in [0.3, 0.4) is 0 Å². The number of nitrogens with one attached hydrogen (secondary N) is 1. The van der Waals surface area contributed by atoms with Crippen LogP contribution in [0.4, 0.5) is 13.2 Å². The molecule has 9 heteroatoms. The number of benzene rings is 1. The van der Waals surface area contributed by atoms with Gasteiger partial charge < -0.3 is 0 Å². The highest BCUT2D eigenvalue weighted by Crippen LogP contribution is 2.30. The largest absolute Gasteiger partial charge is 0.416 e. The van der Waals surface area contributed by atoms with E-state index in [-0.39, 0.29) is 6.54 Å². The van der Waals surface area contributed by atoms with Gasteiger partial charge in [0.1, 0.15) is 6.33 Å². The van der Waals surface area contributed by atoms with Crippen LogP contribution in [-0.4, -0.2) is 24.9 Å². The van der Waals surface area contributed by atoms with E-state index in [1.54, 1.807) is 0 Å². The zero-order valence-corrected chi connectivity index (χ0v) is 12.0. The first-order chi connectivity index (χ1) is 10.3. The van der Waals surface area contributed by atoms with E-state index < -0.39 is 26.7 Å². The van der Waals surface area contributed by atoms with Gasteiger partial charge in [0.25, 0.3) is 0 Å². The molecule has 2 aromatic rings. The molecule has 1 aromatic heterocycles. The fraction of sp³-hybridized carbons (Fsp3) is 0.231. The van der Waals surface area contributed by atoms with Crippen LogP contribution in [-0.2, 0) is 22.6 Å². The van der Waals surface area contributed by atoms with E-state index in [4.69, 9.17) is 0 Å². The predicted molar refractivity (Wildman–Crippen MR) is 72.4 cm³/mol. The van der Waals surface area contributed by atoms with Gasteiger partial charge in [-0.3, -0.25) is 0 Å². The molecular weight excluding hydrogens is 319 g/mol. The molecule has 0 bridgehead atoms. The lowest BCUT2D eigenvalue weighted by Crippen LogP contribution is -2.26. The Morgan fingerprint density at radius 3 is 2.45 bits per heavy atom. The smallest absolute Gasteiger partial charge is 0.245 e. The van der Waals surface area contributed by atoms with E-state index in [0.717, 1.165) is 18.2 Å². The van der Waals surface area contributed by atoms with Gasteiger partial charge in [-0.2, -0.15) is 13.2 Å². The van der Waals surface area contributed by atoms with Crippen LogP contribution in [0.25, 0.3) is 0 Å². The summed E-state index contributed by atoms with van der Waals surface area (Å²) in [6.45, 7) is 0.0337. The monoisotopic (exact) mass is 331 g/mol. The molecular formula is C13H12F3N3O2S. The summed E-state index contributed by atoms with van der Waals surface area (Å²) in [6, 6.07) is 3.60. The summed E-state index contributed by atoms with van der Waals surface area (Å²) in [7, 11) is -4.00. The van der Waals surface area contributed by atoms with E-state index in [1.807, 2.05) is 0 Å². The van der Waals surface area contributed by atoms with Gasteiger partial charge in [0, 0.05) is 18.9 Å². The van der Waals surface area contributed by atoms with Crippen molar-refractivity contribution in [1.82, 2.24) is 14.7 Å². The molecule has 0 aliphatic heterocycles. The quantitative estimate of drug-likeness (QED) is 0.910. The van der Waals surface area contributed by atoms with Crippen molar-refractivity contribution in [3.8, 4) is 0 Å². The number of hydrogen-bond acceptors (Lipinski definition) is 4. The summed E-state index contributed by atoms with van der Waals surface area (Å²) in [4.78, 5) is 7.14. The van der Waals surface area contributed by atoms with Gasteiger partial charge in [-0.1, -0.05) is 6.07 Å². The van der Waals surface area contributed by atoms with Gasteiger partial charge in [-0.05, 0) is 30.2 Å². The Balaban J connectivity index is 2.07. The lowest BCUT2D eigenvalue weighted by molar-refractivity contribution is -0.137. The van der Waals surface area contributed by atoms with Crippen molar-refractivity contribution < 1.29 is 21.6 Å². The summed E-state index contributed by atoms with van der Waals surface area (Å²) >= 11 is 0. The number of aromatic nitrogens is 2. The summed E-state index contributed by atoms with van der Waals surface area (Å²) in [5.41, 5.74) is -0.291. The first kappa shape index (κ1) is 16.4. The van der Waals surface area contributed by atoms with Crippen LogP contribution >= 0.6 is 0 Å². The average molecular weight is 331 g/mol. The fourth-order valence-electron chi connectivity index (χ4n) is 1.71. The van der Waals surface area contributed by atoms with Crippen LogP contribution < -0.4 is 4.72 Å². The molecule has 5 nitrogen and oxygen atoms in total. The Labute approximate surface area is 125 Å². The van der Waals surface area contributed by atoms with Gasteiger partial charge in [0.15, 0.2) is 0 Å². The molecule has 22 heavy (non-hydrogen) atoms. The van der Waals surface area contributed by atoms with Gasteiger partial charge in [0.2, 0.25) is 10.0 Å². The maximum absolute atomic E-state index is 12.6. The molecule has 0 spiro atoms. The highest BCUT2D eigenvalue weighted by molar-refractivity contribution is 7.89. The maximum Gasteiger partial charge on any atom is 0.416 e. The van der Waals surface area contributed by atoms with E-state index >= 15 is 0 Å². The highest BCUT2D eigenvalue weighted by Gasteiger charge is 2.31. The Hall–Kier alpha value is -2.00. The third-order valence-corrected chi connectivity index (χ3v) is 4.25. The molecule has 0 saturated heterocycles. The normalized spacial score (nSPS) is 12.3. The molecule has 0 atom stereocenters. The molecule has 0 unspecified atom stereocenters. The van der Waals surface area contributed by atoms with E-state index in [1.165, 1.54) is 18.7 Å². The van der Waals surface area contributed by atoms with Crippen LogP contribution in [0.1, 0.15) is 11.1 Å². The molecule has 0 saturated carbocycles. The number of alkyl halides is 3. The predicted octanol–water partition coefficient (Wildman–Crippen LogP) is 2.02. The molecule has 1 aromatic carbocycles. The molecule has 0 aliphatic carbocycles. The summed E-state index contributed by atoms with van der Waals surface area (Å²) < 4.78 is 64.0. The van der Waals surface area contributed by atoms with Crippen molar-refractivity contribution in [1.29, 1.82) is 0 Å². The Bertz CT molecular complexity index is 734. The van der Waals surface area contributed by atoms with Crippen molar-refractivity contribution in [2.24, 2.45) is 0 Å².